The Morgan fingerprint density at radius 3 is 2.63 bits per heavy atom. The Hall–Kier alpha value is -2.50. The number of Topliss-reactive ketones (excluding diaryl/α,β-unsaturated/α-hetero) is 1. The van der Waals surface area contributed by atoms with E-state index < -0.39 is 0 Å². The standard InChI is InChI=1S/C22H25NO4/c24-16-20-15-18(7-8-22(20)26)17-4-3-5-19(14-17)21(25)6-1-2-9-23-10-12-27-13-11-23/h3-5,7-8,14-16,26H,1-2,6,9-13H2. The van der Waals surface area contributed by atoms with E-state index in [1.807, 2.05) is 24.3 Å². The molecule has 3 rings (SSSR count). The third kappa shape index (κ3) is 5.25. The lowest BCUT2D eigenvalue weighted by molar-refractivity contribution is 0.0371. The summed E-state index contributed by atoms with van der Waals surface area (Å²) in [4.78, 5) is 25.9. The van der Waals surface area contributed by atoms with Gasteiger partial charge in [-0.3, -0.25) is 14.5 Å². The third-order valence-electron chi connectivity index (χ3n) is 4.90. The molecule has 0 unspecified atom stereocenters. The number of phenols is 1. The number of phenolic OH excluding ortho intramolecular Hbond substituents is 1. The third-order valence-corrected chi connectivity index (χ3v) is 4.90. The van der Waals surface area contributed by atoms with Crippen LogP contribution in [0.1, 0.15) is 40.0 Å². The van der Waals surface area contributed by atoms with Crippen LogP contribution in [0.3, 0.4) is 0 Å². The van der Waals surface area contributed by atoms with Crippen molar-refractivity contribution < 1.29 is 19.4 Å². The summed E-state index contributed by atoms with van der Waals surface area (Å²) >= 11 is 0. The Morgan fingerprint density at radius 2 is 1.85 bits per heavy atom. The lowest BCUT2D eigenvalue weighted by Gasteiger charge is -2.26. The molecule has 5 nitrogen and oxygen atoms in total. The van der Waals surface area contributed by atoms with Gasteiger partial charge < -0.3 is 9.84 Å². The van der Waals surface area contributed by atoms with Crippen molar-refractivity contribution in [2.45, 2.75) is 19.3 Å². The average Bonchev–Trinajstić information content (AvgIpc) is 2.72. The predicted molar refractivity (Wildman–Crippen MR) is 104 cm³/mol. The van der Waals surface area contributed by atoms with Crippen molar-refractivity contribution in [3.05, 3.63) is 53.6 Å². The van der Waals surface area contributed by atoms with E-state index in [-0.39, 0.29) is 17.1 Å². The van der Waals surface area contributed by atoms with Crippen LogP contribution >= 0.6 is 0 Å². The molecule has 0 atom stereocenters. The number of carbonyl (C=O) groups excluding carboxylic acids is 2. The lowest BCUT2D eigenvalue weighted by atomic mass is 9.98. The number of hydrogen-bond donors (Lipinski definition) is 1. The maximum atomic E-state index is 12.5. The van der Waals surface area contributed by atoms with E-state index in [9.17, 15) is 14.7 Å². The van der Waals surface area contributed by atoms with Crippen molar-refractivity contribution in [1.82, 2.24) is 4.90 Å². The second-order valence-electron chi connectivity index (χ2n) is 6.81. The van der Waals surface area contributed by atoms with Crippen LogP contribution in [-0.4, -0.2) is 54.9 Å². The summed E-state index contributed by atoms with van der Waals surface area (Å²) < 4.78 is 5.34. The maximum absolute atomic E-state index is 12.5. The smallest absolute Gasteiger partial charge is 0.162 e. The number of morpholine rings is 1. The van der Waals surface area contributed by atoms with Crippen molar-refractivity contribution in [1.29, 1.82) is 0 Å². The van der Waals surface area contributed by atoms with Crippen LogP contribution in [0.15, 0.2) is 42.5 Å². The van der Waals surface area contributed by atoms with E-state index in [1.165, 1.54) is 6.07 Å². The molecule has 0 amide bonds. The van der Waals surface area contributed by atoms with Gasteiger partial charge in [0.1, 0.15) is 5.75 Å². The number of ether oxygens (including phenoxy) is 1. The minimum absolute atomic E-state index is 0.0405. The Labute approximate surface area is 159 Å². The number of benzene rings is 2. The van der Waals surface area contributed by atoms with Crippen LogP contribution in [0.25, 0.3) is 11.1 Å². The molecule has 1 aliphatic heterocycles. The number of rotatable bonds is 8. The average molecular weight is 367 g/mol. The first-order chi connectivity index (χ1) is 13.2. The zero-order chi connectivity index (χ0) is 19.1. The molecule has 0 radical (unpaired) electrons. The van der Waals surface area contributed by atoms with E-state index in [0.29, 0.717) is 18.3 Å². The molecule has 1 heterocycles. The molecule has 2 aromatic rings. The van der Waals surface area contributed by atoms with Crippen molar-refractivity contribution in [3.8, 4) is 16.9 Å². The van der Waals surface area contributed by atoms with Crippen molar-refractivity contribution in [3.63, 3.8) is 0 Å². The number of ketones is 1. The first-order valence-electron chi connectivity index (χ1n) is 9.39. The number of nitrogens with zero attached hydrogens (tertiary/aromatic N) is 1. The topological polar surface area (TPSA) is 66.8 Å². The van der Waals surface area contributed by atoms with Gasteiger partial charge >= 0.3 is 0 Å². The zero-order valence-electron chi connectivity index (χ0n) is 15.4. The van der Waals surface area contributed by atoms with Gasteiger partial charge in [0.05, 0.1) is 18.8 Å². The summed E-state index contributed by atoms with van der Waals surface area (Å²) in [5, 5.41) is 9.64. The second kappa shape index (κ2) is 9.44. The zero-order valence-corrected chi connectivity index (χ0v) is 15.4. The number of aldehydes is 1. The summed E-state index contributed by atoms with van der Waals surface area (Å²) in [6, 6.07) is 12.3. The van der Waals surface area contributed by atoms with E-state index >= 15 is 0 Å². The van der Waals surface area contributed by atoms with Gasteiger partial charge in [0, 0.05) is 25.1 Å². The van der Waals surface area contributed by atoms with Gasteiger partial charge in [0.25, 0.3) is 0 Å². The molecular weight excluding hydrogens is 342 g/mol. The summed E-state index contributed by atoms with van der Waals surface area (Å²) in [6.07, 6.45) is 3.03. The number of carbonyl (C=O) groups is 2. The largest absolute Gasteiger partial charge is 0.507 e. The molecule has 5 heteroatoms. The van der Waals surface area contributed by atoms with Gasteiger partial charge in [-0.1, -0.05) is 24.3 Å². The molecule has 1 saturated heterocycles. The number of aromatic hydroxyl groups is 1. The van der Waals surface area contributed by atoms with Gasteiger partial charge in [-0.15, -0.1) is 0 Å². The van der Waals surface area contributed by atoms with Crippen LogP contribution in [0.4, 0.5) is 0 Å². The molecule has 0 spiro atoms. The van der Waals surface area contributed by atoms with Gasteiger partial charge in [-0.2, -0.15) is 0 Å². The first-order valence-corrected chi connectivity index (χ1v) is 9.39. The molecule has 1 N–H and O–H groups in total. The monoisotopic (exact) mass is 367 g/mol. The molecule has 0 saturated carbocycles. The van der Waals surface area contributed by atoms with Crippen LogP contribution in [0.2, 0.25) is 0 Å². The van der Waals surface area contributed by atoms with E-state index in [0.717, 1.165) is 56.8 Å². The quantitative estimate of drug-likeness (QED) is 0.439. The predicted octanol–water partition coefficient (Wildman–Crippen LogP) is 3.56. The van der Waals surface area contributed by atoms with Gasteiger partial charge in [0.2, 0.25) is 0 Å². The van der Waals surface area contributed by atoms with Gasteiger partial charge in [0.15, 0.2) is 12.1 Å². The molecule has 0 bridgehead atoms. The van der Waals surface area contributed by atoms with Crippen molar-refractivity contribution in [2.24, 2.45) is 0 Å². The van der Waals surface area contributed by atoms with Crippen molar-refractivity contribution in [2.75, 3.05) is 32.8 Å². The summed E-state index contributed by atoms with van der Waals surface area (Å²) in [5.41, 5.74) is 2.58. The molecule has 2 aromatic carbocycles. The van der Waals surface area contributed by atoms with Crippen LogP contribution < -0.4 is 0 Å². The van der Waals surface area contributed by atoms with Crippen LogP contribution in [0, 0.1) is 0 Å². The minimum Gasteiger partial charge on any atom is -0.507 e. The Kier molecular flexibility index (Phi) is 6.74. The Balaban J connectivity index is 1.57. The van der Waals surface area contributed by atoms with Crippen molar-refractivity contribution >= 4 is 12.1 Å². The molecule has 0 aliphatic carbocycles. The Morgan fingerprint density at radius 1 is 1.07 bits per heavy atom. The molecule has 142 valence electrons. The fraction of sp³-hybridized carbons (Fsp3) is 0.364. The van der Waals surface area contributed by atoms with Crippen LogP contribution in [-0.2, 0) is 4.74 Å². The lowest BCUT2D eigenvalue weighted by Crippen LogP contribution is -2.36. The molecule has 0 aromatic heterocycles. The highest BCUT2D eigenvalue weighted by Crippen LogP contribution is 2.26. The SMILES string of the molecule is O=Cc1cc(-c2cccc(C(=O)CCCCN3CCOCC3)c2)ccc1O. The minimum atomic E-state index is -0.0405. The van der Waals surface area contributed by atoms with E-state index in [1.54, 1.807) is 12.1 Å². The summed E-state index contributed by atoms with van der Waals surface area (Å²) in [5.74, 6) is 0.0921. The van der Waals surface area contributed by atoms with Gasteiger partial charge in [-0.25, -0.2) is 0 Å². The number of unbranched alkanes of at least 4 members (excludes halogenated alkanes) is 1. The highest BCUT2D eigenvalue weighted by atomic mass is 16.5. The highest BCUT2D eigenvalue weighted by Gasteiger charge is 2.11. The Bertz CT molecular complexity index is 797. The number of hydrogen-bond acceptors (Lipinski definition) is 5. The molecule has 27 heavy (non-hydrogen) atoms. The summed E-state index contributed by atoms with van der Waals surface area (Å²) in [7, 11) is 0. The normalized spacial score (nSPS) is 14.8. The highest BCUT2D eigenvalue weighted by molar-refractivity contribution is 5.97. The molecule has 1 fully saturated rings. The van der Waals surface area contributed by atoms with E-state index in [2.05, 4.69) is 4.90 Å². The molecule has 1 aliphatic rings. The maximum Gasteiger partial charge on any atom is 0.162 e. The van der Waals surface area contributed by atoms with Gasteiger partial charge in [-0.05, 0) is 48.7 Å². The molecular formula is C22H25NO4. The fourth-order valence-corrected chi connectivity index (χ4v) is 3.29. The van der Waals surface area contributed by atoms with Crippen LogP contribution in [0.5, 0.6) is 5.75 Å². The second-order valence-corrected chi connectivity index (χ2v) is 6.81. The van der Waals surface area contributed by atoms with E-state index in [4.69, 9.17) is 4.74 Å². The fourth-order valence-electron chi connectivity index (χ4n) is 3.29. The first kappa shape index (κ1) is 19.3. The summed E-state index contributed by atoms with van der Waals surface area (Å²) in [6.45, 7) is 4.57.